The van der Waals surface area contributed by atoms with Crippen molar-refractivity contribution < 1.29 is 38.6 Å². The summed E-state index contributed by atoms with van der Waals surface area (Å²) in [6, 6.07) is 10.6. The monoisotopic (exact) mass is 575 g/mol. The number of benzene rings is 1. The van der Waals surface area contributed by atoms with Gasteiger partial charge in [-0.15, -0.1) is 0 Å². The Morgan fingerprint density at radius 1 is 1.12 bits per heavy atom. The van der Waals surface area contributed by atoms with Crippen LogP contribution in [-0.4, -0.2) is 112 Å². The van der Waals surface area contributed by atoms with E-state index in [-0.39, 0.29) is 31.4 Å². The van der Waals surface area contributed by atoms with Gasteiger partial charge < -0.3 is 39.6 Å². The van der Waals surface area contributed by atoms with Gasteiger partial charge in [-0.05, 0) is 25.5 Å². The Labute approximate surface area is 231 Å². The molecule has 1 aromatic heterocycles. The van der Waals surface area contributed by atoms with Crippen LogP contribution < -0.4 is 10.2 Å². The van der Waals surface area contributed by atoms with Crippen molar-refractivity contribution in [1.82, 2.24) is 20.1 Å². The Kier molecular flexibility index (Phi) is 9.09. The molecular weight excluding hydrogens is 541 g/mol. The normalized spacial score (nSPS) is 20.4. The Morgan fingerprint density at radius 2 is 1.85 bits per heavy atom. The molecule has 3 heterocycles. The fourth-order valence-corrected chi connectivity index (χ4v) is 5.76. The highest BCUT2D eigenvalue weighted by Crippen LogP contribution is 2.36. The topological polar surface area (TPSA) is 173 Å². The van der Waals surface area contributed by atoms with Crippen molar-refractivity contribution in [3.8, 4) is 11.3 Å². The maximum Gasteiger partial charge on any atom is 0.407 e. The van der Waals surface area contributed by atoms with Gasteiger partial charge in [-0.3, -0.25) is 14.2 Å². The number of methoxy groups -OCH3 is 1. The summed E-state index contributed by atoms with van der Waals surface area (Å²) in [5, 5.41) is 11.8. The first kappa shape index (κ1) is 29.5. The molecule has 2 aromatic rings. The first-order valence-electron chi connectivity index (χ1n) is 12.9. The highest BCUT2D eigenvalue weighted by Gasteiger charge is 2.37. The van der Waals surface area contributed by atoms with E-state index < -0.39 is 43.7 Å². The number of pyridine rings is 1. The molecule has 3 atom stereocenters. The van der Waals surface area contributed by atoms with Gasteiger partial charge in [-0.25, -0.2) is 9.78 Å². The van der Waals surface area contributed by atoms with Crippen molar-refractivity contribution in [2.24, 2.45) is 0 Å². The van der Waals surface area contributed by atoms with Crippen LogP contribution in [0.15, 0.2) is 42.5 Å². The quantitative estimate of drug-likeness (QED) is 0.338. The molecule has 1 unspecified atom stereocenters. The lowest BCUT2D eigenvalue weighted by atomic mass is 10.1. The van der Waals surface area contributed by atoms with E-state index in [1.165, 1.54) is 4.90 Å². The van der Waals surface area contributed by atoms with Gasteiger partial charge in [0.05, 0.1) is 18.0 Å². The molecule has 2 aliphatic rings. The number of carbonyl (C=O) groups is 3. The molecule has 216 valence electrons. The molecule has 14 heteroatoms. The highest BCUT2D eigenvalue weighted by molar-refractivity contribution is 7.51. The molecule has 0 saturated carbocycles. The largest absolute Gasteiger partial charge is 0.465 e. The zero-order chi connectivity index (χ0) is 29.0. The lowest BCUT2D eigenvalue weighted by Gasteiger charge is -2.40. The molecule has 4 rings (SSSR count). The van der Waals surface area contributed by atoms with Crippen LogP contribution in [0.3, 0.4) is 0 Å². The summed E-state index contributed by atoms with van der Waals surface area (Å²) >= 11 is 0. The second-order valence-electron chi connectivity index (χ2n) is 10.0. The van der Waals surface area contributed by atoms with E-state index in [1.54, 1.807) is 20.1 Å². The van der Waals surface area contributed by atoms with E-state index in [2.05, 4.69) is 15.2 Å². The first-order chi connectivity index (χ1) is 18.9. The number of nitrogens with one attached hydrogen (secondary N) is 1. The highest BCUT2D eigenvalue weighted by atomic mass is 31.2. The van der Waals surface area contributed by atoms with Gasteiger partial charge in [0.2, 0.25) is 5.91 Å². The number of anilines is 1. The minimum Gasteiger partial charge on any atom is -0.465 e. The number of carbonyl (C=O) groups excluding carboxylic acids is 2. The summed E-state index contributed by atoms with van der Waals surface area (Å²) in [7, 11) is -3.08. The Hall–Kier alpha value is -3.51. The van der Waals surface area contributed by atoms with Gasteiger partial charge in [0.15, 0.2) is 0 Å². The lowest BCUT2D eigenvalue weighted by Crippen LogP contribution is -2.60. The van der Waals surface area contributed by atoms with E-state index in [0.29, 0.717) is 18.8 Å². The molecule has 4 N–H and O–H groups in total. The number of hydrogen-bond donors (Lipinski definition) is 4. The van der Waals surface area contributed by atoms with E-state index in [9.17, 15) is 33.8 Å². The van der Waals surface area contributed by atoms with Gasteiger partial charge in [-0.2, -0.15) is 0 Å². The summed E-state index contributed by atoms with van der Waals surface area (Å²) in [4.78, 5) is 66.7. The average molecular weight is 576 g/mol. The number of ether oxygens (including phenoxy) is 1. The van der Waals surface area contributed by atoms with Gasteiger partial charge in [0.1, 0.15) is 11.7 Å². The third-order valence-corrected chi connectivity index (χ3v) is 8.00. The van der Waals surface area contributed by atoms with Crippen molar-refractivity contribution in [2.45, 2.75) is 31.5 Å². The third kappa shape index (κ3) is 7.16. The molecule has 2 saturated heterocycles. The van der Waals surface area contributed by atoms with Crippen LogP contribution >= 0.6 is 7.60 Å². The van der Waals surface area contributed by atoms with Crippen molar-refractivity contribution in [3.05, 3.63) is 48.2 Å². The van der Waals surface area contributed by atoms with E-state index in [1.807, 2.05) is 36.4 Å². The smallest absolute Gasteiger partial charge is 0.407 e. The van der Waals surface area contributed by atoms with Crippen LogP contribution in [0.5, 0.6) is 0 Å². The van der Waals surface area contributed by atoms with Crippen molar-refractivity contribution in [3.63, 3.8) is 0 Å². The average Bonchev–Trinajstić information content (AvgIpc) is 3.41. The number of amides is 3. The molecule has 13 nitrogen and oxygen atoms in total. The third-order valence-electron chi connectivity index (χ3n) is 7.16. The number of aromatic nitrogens is 1. The zero-order valence-electron chi connectivity index (χ0n) is 22.3. The second kappa shape index (κ2) is 12.3. The van der Waals surface area contributed by atoms with Gasteiger partial charge in [0.25, 0.3) is 5.91 Å². The Bertz CT molecular complexity index is 1290. The van der Waals surface area contributed by atoms with Crippen LogP contribution in [0.1, 0.15) is 23.8 Å². The minimum absolute atomic E-state index is 0.00974. The molecule has 3 amide bonds. The van der Waals surface area contributed by atoms with Gasteiger partial charge in [0, 0.05) is 57.1 Å². The summed E-state index contributed by atoms with van der Waals surface area (Å²) in [6.07, 6.45) is -1.17. The molecule has 0 aliphatic carbocycles. The summed E-state index contributed by atoms with van der Waals surface area (Å²) in [5.74, 6) is -1.46. The summed E-state index contributed by atoms with van der Waals surface area (Å²) < 4.78 is 17.4. The fraction of sp³-hybridized carbons (Fsp3) is 0.462. The minimum atomic E-state index is -4.73. The molecule has 40 heavy (non-hydrogen) atoms. The van der Waals surface area contributed by atoms with E-state index >= 15 is 0 Å². The van der Waals surface area contributed by atoms with Crippen molar-refractivity contribution in [2.75, 3.05) is 50.9 Å². The Morgan fingerprint density at radius 3 is 2.45 bits per heavy atom. The van der Waals surface area contributed by atoms with Crippen LogP contribution in [0.25, 0.3) is 11.3 Å². The van der Waals surface area contributed by atoms with Gasteiger partial charge in [-0.1, -0.05) is 30.3 Å². The SMILES string of the molecule is CO[C@H]1CCN(c2cc(C(=O)N[C@@H](CP(=O)(O)O)C(=O)N3CCN(C(=O)O)CC3C)nc(-c3ccccc3)c2)C1. The van der Waals surface area contributed by atoms with Gasteiger partial charge >= 0.3 is 13.7 Å². The summed E-state index contributed by atoms with van der Waals surface area (Å²) in [6.45, 7) is 3.09. The summed E-state index contributed by atoms with van der Waals surface area (Å²) in [5.41, 5.74) is 2.02. The maximum atomic E-state index is 13.5. The van der Waals surface area contributed by atoms with Crippen LogP contribution in [0.4, 0.5) is 10.5 Å². The van der Waals surface area contributed by atoms with Crippen LogP contribution in [0.2, 0.25) is 0 Å². The molecule has 2 fully saturated rings. The van der Waals surface area contributed by atoms with E-state index in [4.69, 9.17) is 4.74 Å². The lowest BCUT2D eigenvalue weighted by molar-refractivity contribution is -0.137. The number of nitrogens with zero attached hydrogens (tertiary/aromatic N) is 4. The number of rotatable bonds is 8. The molecule has 1 aromatic carbocycles. The van der Waals surface area contributed by atoms with E-state index in [0.717, 1.165) is 22.6 Å². The molecular formula is C26H34N5O8P. The molecule has 0 spiro atoms. The predicted octanol–water partition coefficient (Wildman–Crippen LogP) is 1.46. The van der Waals surface area contributed by atoms with Crippen LogP contribution in [0, 0.1) is 0 Å². The molecule has 0 bridgehead atoms. The predicted molar refractivity (Wildman–Crippen MR) is 146 cm³/mol. The second-order valence-corrected chi connectivity index (χ2v) is 11.7. The van der Waals surface area contributed by atoms with Crippen LogP contribution in [-0.2, 0) is 14.1 Å². The molecule has 2 aliphatic heterocycles. The fourth-order valence-electron chi connectivity index (χ4n) is 5.04. The Balaban J connectivity index is 1.62. The number of piperazine rings is 1. The molecule has 0 radical (unpaired) electrons. The number of carboxylic acid groups (broad SMARTS) is 1. The zero-order valence-corrected chi connectivity index (χ0v) is 23.2. The standard InChI is InChI=1S/C26H34N5O8P/c1-17-14-30(26(34)35)10-11-31(17)25(33)23(16-40(36,37)38)28-24(32)22-13-19(29-9-8-20(15-29)39-2)12-21(27-22)18-6-4-3-5-7-18/h3-7,12-13,17,20,23H,8-11,14-16H2,1-2H3,(H,28,32)(H,34,35)(H2,36,37,38)/t17?,20-,23-/m0/s1. The first-order valence-corrected chi connectivity index (χ1v) is 14.7. The number of hydrogen-bond acceptors (Lipinski definition) is 7. The van der Waals surface area contributed by atoms with Crippen molar-refractivity contribution >= 4 is 31.2 Å². The van der Waals surface area contributed by atoms with Crippen molar-refractivity contribution in [1.29, 1.82) is 0 Å². The maximum absolute atomic E-state index is 13.5.